The highest BCUT2D eigenvalue weighted by atomic mass is 35.5. The summed E-state index contributed by atoms with van der Waals surface area (Å²) >= 11 is 9.13. The summed E-state index contributed by atoms with van der Waals surface area (Å²) < 4.78 is 5.24. The van der Waals surface area contributed by atoms with E-state index in [9.17, 15) is 0 Å². The van der Waals surface area contributed by atoms with Gasteiger partial charge < -0.3 is 10.3 Å². The van der Waals surface area contributed by atoms with Crippen LogP contribution in [0.1, 0.15) is 22.6 Å². The molecule has 0 amide bonds. The first kappa shape index (κ1) is 14.6. The number of nitrogens with two attached hydrogens (primary N) is 1. The normalized spacial score (nSPS) is 12.5. The van der Waals surface area contributed by atoms with Crippen LogP contribution in [0.25, 0.3) is 0 Å². The van der Waals surface area contributed by atoms with E-state index < -0.39 is 0 Å². The van der Waals surface area contributed by atoms with Gasteiger partial charge in [0.05, 0.1) is 5.75 Å². The largest absolute Gasteiger partial charge is 0.337 e. The van der Waals surface area contributed by atoms with E-state index in [1.54, 1.807) is 23.1 Å². The van der Waals surface area contributed by atoms with Gasteiger partial charge in [0.1, 0.15) is 6.04 Å². The summed E-state index contributed by atoms with van der Waals surface area (Å²) in [5.74, 6) is 1.68. The van der Waals surface area contributed by atoms with E-state index in [-0.39, 0.29) is 6.04 Å². The molecule has 0 spiro atoms. The van der Waals surface area contributed by atoms with Gasteiger partial charge in [0.25, 0.3) is 0 Å². The zero-order valence-corrected chi connectivity index (χ0v) is 13.3. The van der Waals surface area contributed by atoms with E-state index in [0.29, 0.717) is 22.5 Å². The lowest BCUT2D eigenvalue weighted by atomic mass is 10.2. The van der Waals surface area contributed by atoms with Gasteiger partial charge in [-0.25, -0.2) is 0 Å². The first-order valence-corrected chi connectivity index (χ1v) is 8.46. The van der Waals surface area contributed by atoms with Crippen molar-refractivity contribution in [2.45, 2.75) is 16.7 Å². The van der Waals surface area contributed by atoms with Crippen LogP contribution in [-0.2, 0) is 5.75 Å². The molecule has 0 saturated heterocycles. The molecule has 0 saturated carbocycles. The summed E-state index contributed by atoms with van der Waals surface area (Å²) in [6.07, 6.45) is 0. The van der Waals surface area contributed by atoms with Gasteiger partial charge >= 0.3 is 0 Å². The van der Waals surface area contributed by atoms with Gasteiger partial charge in [0.2, 0.25) is 5.89 Å². The molecular formula is C14H12ClN3OS2. The van der Waals surface area contributed by atoms with Gasteiger partial charge in [-0.05, 0) is 29.6 Å². The van der Waals surface area contributed by atoms with Crippen LogP contribution in [0.2, 0.25) is 5.02 Å². The third-order valence-corrected chi connectivity index (χ3v) is 4.94. The number of hydrogen-bond donors (Lipinski definition) is 1. The number of hydrogen-bond acceptors (Lipinski definition) is 6. The van der Waals surface area contributed by atoms with Crippen molar-refractivity contribution in [1.82, 2.24) is 10.1 Å². The number of aromatic nitrogens is 2. The number of thiophene rings is 1. The van der Waals surface area contributed by atoms with Gasteiger partial charge in [-0.15, -0.1) is 23.1 Å². The fraction of sp³-hybridized carbons (Fsp3) is 0.143. The Balaban J connectivity index is 1.65. The molecule has 21 heavy (non-hydrogen) atoms. The van der Waals surface area contributed by atoms with E-state index in [2.05, 4.69) is 10.1 Å². The molecule has 7 heteroatoms. The number of halogens is 1. The molecule has 2 N–H and O–H groups in total. The Kier molecular flexibility index (Phi) is 4.60. The molecule has 1 aromatic carbocycles. The topological polar surface area (TPSA) is 64.9 Å². The molecule has 0 aliphatic rings. The predicted octanol–water partition coefficient (Wildman–Crippen LogP) is 4.12. The molecule has 3 aromatic rings. The maximum absolute atomic E-state index is 6.09. The minimum Gasteiger partial charge on any atom is -0.337 e. The lowest BCUT2D eigenvalue weighted by molar-refractivity contribution is 0.364. The van der Waals surface area contributed by atoms with E-state index in [4.69, 9.17) is 21.9 Å². The second-order valence-electron chi connectivity index (χ2n) is 4.29. The lowest BCUT2D eigenvalue weighted by Gasteiger charge is -2.01. The molecule has 0 bridgehead atoms. The average Bonchev–Trinajstić information content (AvgIpc) is 3.16. The van der Waals surface area contributed by atoms with Crippen molar-refractivity contribution in [2.24, 2.45) is 5.73 Å². The summed E-state index contributed by atoms with van der Waals surface area (Å²) in [7, 11) is 0. The number of rotatable bonds is 5. The number of benzene rings is 1. The van der Waals surface area contributed by atoms with Crippen molar-refractivity contribution < 1.29 is 4.52 Å². The molecule has 0 aliphatic heterocycles. The fourth-order valence-corrected chi connectivity index (χ4v) is 3.52. The van der Waals surface area contributed by atoms with Crippen LogP contribution >= 0.6 is 34.7 Å². The average molecular weight is 338 g/mol. The number of nitrogens with zero attached hydrogens (tertiary/aromatic N) is 2. The summed E-state index contributed by atoms with van der Waals surface area (Å²) in [4.78, 5) is 6.43. The van der Waals surface area contributed by atoms with Crippen molar-refractivity contribution in [3.05, 3.63) is 63.4 Å². The van der Waals surface area contributed by atoms with Crippen molar-refractivity contribution in [3.8, 4) is 0 Å². The van der Waals surface area contributed by atoms with Gasteiger partial charge in [-0.1, -0.05) is 28.9 Å². The second-order valence-corrected chi connectivity index (χ2v) is 6.75. The van der Waals surface area contributed by atoms with Crippen molar-refractivity contribution in [3.63, 3.8) is 0 Å². The minimum absolute atomic E-state index is 0.359. The lowest BCUT2D eigenvalue weighted by Crippen LogP contribution is -2.10. The maximum atomic E-state index is 6.09. The van der Waals surface area contributed by atoms with Crippen molar-refractivity contribution in [1.29, 1.82) is 0 Å². The van der Waals surface area contributed by atoms with Gasteiger partial charge in [0, 0.05) is 14.8 Å². The highest BCUT2D eigenvalue weighted by Gasteiger charge is 2.17. The molecule has 4 nitrogen and oxygen atoms in total. The Morgan fingerprint density at radius 1 is 1.33 bits per heavy atom. The van der Waals surface area contributed by atoms with E-state index in [1.807, 2.05) is 41.8 Å². The van der Waals surface area contributed by atoms with Crippen LogP contribution in [0.15, 0.2) is 51.2 Å². The van der Waals surface area contributed by atoms with Crippen LogP contribution < -0.4 is 5.73 Å². The molecule has 1 atom stereocenters. The summed E-state index contributed by atoms with van der Waals surface area (Å²) in [5.41, 5.74) is 6.09. The van der Waals surface area contributed by atoms with Crippen molar-refractivity contribution in [2.75, 3.05) is 0 Å². The highest BCUT2D eigenvalue weighted by molar-refractivity contribution is 7.98. The highest BCUT2D eigenvalue weighted by Crippen LogP contribution is 2.26. The van der Waals surface area contributed by atoms with Crippen LogP contribution in [-0.4, -0.2) is 10.1 Å². The number of thioether (sulfide) groups is 1. The van der Waals surface area contributed by atoms with Crippen molar-refractivity contribution >= 4 is 34.7 Å². The fourth-order valence-electron chi connectivity index (χ4n) is 1.75. The van der Waals surface area contributed by atoms with Crippen LogP contribution in [0.4, 0.5) is 0 Å². The Morgan fingerprint density at radius 3 is 3.00 bits per heavy atom. The minimum atomic E-state index is -0.359. The standard InChI is InChI=1S/C14H12ClN3OS2/c15-9-3-1-4-10(7-9)21-8-12-17-14(19-18-12)13(16)11-5-2-6-20-11/h1-7,13H,8,16H2. The van der Waals surface area contributed by atoms with Gasteiger partial charge in [0.15, 0.2) is 5.82 Å². The molecule has 0 fully saturated rings. The van der Waals surface area contributed by atoms with E-state index in [0.717, 1.165) is 9.77 Å². The zero-order valence-electron chi connectivity index (χ0n) is 10.9. The summed E-state index contributed by atoms with van der Waals surface area (Å²) in [5, 5.41) is 6.66. The summed E-state index contributed by atoms with van der Waals surface area (Å²) in [6.45, 7) is 0. The first-order chi connectivity index (χ1) is 10.2. The molecule has 2 heterocycles. The Bertz CT molecular complexity index is 715. The molecule has 0 aliphatic carbocycles. The van der Waals surface area contributed by atoms with Crippen LogP contribution in [0.5, 0.6) is 0 Å². The third-order valence-electron chi connectivity index (χ3n) is 2.76. The molecule has 0 radical (unpaired) electrons. The molecule has 2 aromatic heterocycles. The Morgan fingerprint density at radius 2 is 2.24 bits per heavy atom. The Labute approximate surface area is 135 Å². The van der Waals surface area contributed by atoms with Gasteiger partial charge in [-0.3, -0.25) is 0 Å². The second kappa shape index (κ2) is 6.62. The molecule has 108 valence electrons. The molecular weight excluding hydrogens is 326 g/mol. The third kappa shape index (κ3) is 3.65. The SMILES string of the molecule is NC(c1nc(CSc2cccc(Cl)c2)no1)c1cccs1. The Hall–Kier alpha value is -1.34. The van der Waals surface area contributed by atoms with E-state index in [1.165, 1.54) is 0 Å². The quantitative estimate of drug-likeness (QED) is 0.709. The first-order valence-electron chi connectivity index (χ1n) is 6.22. The molecule has 1 unspecified atom stereocenters. The van der Waals surface area contributed by atoms with Crippen LogP contribution in [0, 0.1) is 0 Å². The smallest absolute Gasteiger partial charge is 0.249 e. The zero-order chi connectivity index (χ0) is 14.7. The predicted molar refractivity (Wildman–Crippen MR) is 85.7 cm³/mol. The van der Waals surface area contributed by atoms with Gasteiger partial charge in [-0.2, -0.15) is 4.98 Å². The summed E-state index contributed by atoms with van der Waals surface area (Å²) in [6, 6.07) is 11.2. The monoisotopic (exact) mass is 337 g/mol. The molecule has 3 rings (SSSR count). The maximum Gasteiger partial charge on any atom is 0.249 e. The van der Waals surface area contributed by atoms with Crippen LogP contribution in [0.3, 0.4) is 0 Å². The van der Waals surface area contributed by atoms with E-state index >= 15 is 0 Å².